The molecule has 0 radical (unpaired) electrons. The predicted octanol–water partition coefficient (Wildman–Crippen LogP) is 1.22. The van der Waals surface area contributed by atoms with E-state index in [0.29, 0.717) is 0 Å². The molecule has 1 atom stereocenters. The molecule has 0 bridgehead atoms. The van der Waals surface area contributed by atoms with E-state index in [-0.39, 0.29) is 0 Å². The second-order valence-electron chi connectivity index (χ2n) is 4.95. The highest BCUT2D eigenvalue weighted by Gasteiger charge is 2.40. The van der Waals surface area contributed by atoms with Gasteiger partial charge >= 0.3 is 0 Å². The molecule has 2 aliphatic heterocycles. The Morgan fingerprint density at radius 1 is 1.00 bits per heavy atom. The summed E-state index contributed by atoms with van der Waals surface area (Å²) in [6.45, 7) is 3.97. The maximum atomic E-state index is 3.41. The van der Waals surface area contributed by atoms with E-state index in [0.717, 1.165) is 18.0 Å². The third-order valence-electron chi connectivity index (χ3n) is 3.97. The van der Waals surface area contributed by atoms with Gasteiger partial charge in [0.15, 0.2) is 0 Å². The molecule has 2 saturated heterocycles. The van der Waals surface area contributed by atoms with Gasteiger partial charge in [-0.05, 0) is 38.1 Å². The van der Waals surface area contributed by atoms with Crippen LogP contribution in [0.2, 0.25) is 0 Å². The summed E-state index contributed by atoms with van der Waals surface area (Å²) in [5, 5.41) is 3.41. The van der Waals surface area contributed by atoms with Gasteiger partial charge in [0.1, 0.15) is 0 Å². The lowest BCUT2D eigenvalue weighted by atomic mass is 9.86. The zero-order chi connectivity index (χ0) is 8.67. The first-order valence-corrected chi connectivity index (χ1v) is 5.91. The van der Waals surface area contributed by atoms with Crippen LogP contribution in [0.25, 0.3) is 0 Å². The molecule has 2 nitrogen and oxygen atoms in total. The molecule has 13 heavy (non-hydrogen) atoms. The van der Waals surface area contributed by atoms with E-state index in [2.05, 4.69) is 10.2 Å². The summed E-state index contributed by atoms with van der Waals surface area (Å²) in [6, 6.07) is 1.94. The Morgan fingerprint density at radius 3 is 2.46 bits per heavy atom. The third kappa shape index (κ3) is 1.50. The van der Waals surface area contributed by atoms with Crippen LogP contribution in [0.5, 0.6) is 0 Å². The largest absolute Gasteiger partial charge is 0.316 e. The first-order valence-electron chi connectivity index (χ1n) is 5.91. The standard InChI is InChI=1S/C11H20N2/c1-2-6-13(10-4-5-10)11(3-1)9-7-12-8-9/h9-12H,1-8H2. The molecule has 3 rings (SSSR count). The van der Waals surface area contributed by atoms with Crippen LogP contribution in [-0.4, -0.2) is 36.6 Å². The van der Waals surface area contributed by atoms with Crippen molar-refractivity contribution in [1.29, 1.82) is 0 Å². The van der Waals surface area contributed by atoms with Crippen LogP contribution in [0.4, 0.5) is 0 Å². The van der Waals surface area contributed by atoms with Crippen molar-refractivity contribution >= 4 is 0 Å². The highest BCUT2D eigenvalue weighted by Crippen LogP contribution is 2.35. The van der Waals surface area contributed by atoms with Crippen molar-refractivity contribution in [1.82, 2.24) is 10.2 Å². The molecule has 2 heteroatoms. The Kier molecular flexibility index (Phi) is 2.06. The second kappa shape index (κ2) is 3.25. The van der Waals surface area contributed by atoms with E-state index in [9.17, 15) is 0 Å². The van der Waals surface area contributed by atoms with E-state index in [4.69, 9.17) is 0 Å². The number of likely N-dealkylation sites (tertiary alicyclic amines) is 1. The molecular formula is C11H20N2. The van der Waals surface area contributed by atoms with Crippen molar-refractivity contribution in [2.24, 2.45) is 5.92 Å². The van der Waals surface area contributed by atoms with Crippen molar-refractivity contribution in [3.63, 3.8) is 0 Å². The normalized spacial score (nSPS) is 37.4. The maximum Gasteiger partial charge on any atom is 0.0151 e. The molecule has 0 aromatic rings. The fourth-order valence-corrected chi connectivity index (χ4v) is 2.93. The van der Waals surface area contributed by atoms with Crippen molar-refractivity contribution in [3.8, 4) is 0 Å². The monoisotopic (exact) mass is 180 g/mol. The van der Waals surface area contributed by atoms with Crippen LogP contribution in [0.3, 0.4) is 0 Å². The Morgan fingerprint density at radius 2 is 1.85 bits per heavy atom. The first-order chi connectivity index (χ1) is 6.45. The first kappa shape index (κ1) is 8.25. The molecule has 1 unspecified atom stereocenters. The van der Waals surface area contributed by atoms with E-state index < -0.39 is 0 Å². The van der Waals surface area contributed by atoms with Gasteiger partial charge in [-0.1, -0.05) is 6.42 Å². The zero-order valence-corrected chi connectivity index (χ0v) is 8.34. The van der Waals surface area contributed by atoms with Crippen molar-refractivity contribution in [2.75, 3.05) is 19.6 Å². The van der Waals surface area contributed by atoms with Gasteiger partial charge in [-0.3, -0.25) is 4.90 Å². The van der Waals surface area contributed by atoms with Crippen molar-refractivity contribution in [2.45, 2.75) is 44.2 Å². The highest BCUT2D eigenvalue weighted by atomic mass is 15.2. The van der Waals surface area contributed by atoms with Crippen LogP contribution in [0.1, 0.15) is 32.1 Å². The van der Waals surface area contributed by atoms with Gasteiger partial charge in [-0.2, -0.15) is 0 Å². The van der Waals surface area contributed by atoms with Gasteiger partial charge in [-0.25, -0.2) is 0 Å². The minimum atomic E-state index is 0.947. The van der Waals surface area contributed by atoms with E-state index in [1.807, 2.05) is 0 Å². The van der Waals surface area contributed by atoms with Gasteiger partial charge in [0.2, 0.25) is 0 Å². The van der Waals surface area contributed by atoms with Crippen LogP contribution in [-0.2, 0) is 0 Å². The summed E-state index contributed by atoms with van der Waals surface area (Å²) >= 11 is 0. The molecule has 0 amide bonds. The van der Waals surface area contributed by atoms with E-state index in [1.54, 1.807) is 0 Å². The molecule has 0 spiro atoms. The average Bonchev–Trinajstić information content (AvgIpc) is 2.85. The molecule has 74 valence electrons. The quantitative estimate of drug-likeness (QED) is 0.687. The molecule has 0 aromatic carbocycles. The topological polar surface area (TPSA) is 15.3 Å². The summed E-state index contributed by atoms with van der Waals surface area (Å²) in [7, 11) is 0. The lowest BCUT2D eigenvalue weighted by Gasteiger charge is -2.44. The molecular weight excluding hydrogens is 160 g/mol. The lowest BCUT2D eigenvalue weighted by molar-refractivity contribution is 0.0681. The minimum Gasteiger partial charge on any atom is -0.316 e. The lowest BCUT2D eigenvalue weighted by Crippen LogP contribution is -2.56. The SMILES string of the molecule is C1CCN(C2CC2)C(C2CNC2)C1. The van der Waals surface area contributed by atoms with Crippen LogP contribution < -0.4 is 5.32 Å². The number of nitrogens with one attached hydrogen (secondary N) is 1. The minimum absolute atomic E-state index is 0.947. The van der Waals surface area contributed by atoms with Gasteiger partial charge in [0.05, 0.1) is 0 Å². The number of piperidine rings is 1. The summed E-state index contributed by atoms with van der Waals surface area (Å²) < 4.78 is 0. The van der Waals surface area contributed by atoms with Crippen molar-refractivity contribution < 1.29 is 0 Å². The van der Waals surface area contributed by atoms with Gasteiger partial charge in [-0.15, -0.1) is 0 Å². The van der Waals surface area contributed by atoms with Crippen LogP contribution in [0.15, 0.2) is 0 Å². The molecule has 3 fully saturated rings. The molecule has 0 aromatic heterocycles. The number of nitrogens with zero attached hydrogens (tertiary/aromatic N) is 1. The number of rotatable bonds is 2. The van der Waals surface area contributed by atoms with Gasteiger partial charge in [0, 0.05) is 25.2 Å². The smallest absolute Gasteiger partial charge is 0.0151 e. The van der Waals surface area contributed by atoms with Crippen LogP contribution in [0, 0.1) is 5.92 Å². The Labute approximate surface area is 80.7 Å². The second-order valence-corrected chi connectivity index (χ2v) is 4.95. The molecule has 1 N–H and O–H groups in total. The average molecular weight is 180 g/mol. The fraction of sp³-hybridized carbons (Fsp3) is 1.00. The summed E-state index contributed by atoms with van der Waals surface area (Å²) in [5.41, 5.74) is 0. The molecule has 1 saturated carbocycles. The van der Waals surface area contributed by atoms with Crippen LogP contribution >= 0.6 is 0 Å². The summed E-state index contributed by atoms with van der Waals surface area (Å²) in [6.07, 6.45) is 7.37. The van der Waals surface area contributed by atoms with Gasteiger partial charge < -0.3 is 5.32 Å². The Balaban J connectivity index is 1.66. The van der Waals surface area contributed by atoms with Gasteiger partial charge in [0.25, 0.3) is 0 Å². The zero-order valence-electron chi connectivity index (χ0n) is 8.34. The summed E-state index contributed by atoms with van der Waals surface area (Å²) in [4.78, 5) is 2.83. The molecule has 2 heterocycles. The number of hydrogen-bond donors (Lipinski definition) is 1. The number of hydrogen-bond acceptors (Lipinski definition) is 2. The van der Waals surface area contributed by atoms with E-state index >= 15 is 0 Å². The highest BCUT2D eigenvalue weighted by molar-refractivity contribution is 4.96. The fourth-order valence-electron chi connectivity index (χ4n) is 2.93. The third-order valence-corrected chi connectivity index (χ3v) is 3.97. The molecule has 3 aliphatic rings. The van der Waals surface area contributed by atoms with Crippen molar-refractivity contribution in [3.05, 3.63) is 0 Å². The predicted molar refractivity (Wildman–Crippen MR) is 53.7 cm³/mol. The maximum absolute atomic E-state index is 3.41. The molecule has 1 aliphatic carbocycles. The van der Waals surface area contributed by atoms with E-state index in [1.165, 1.54) is 51.7 Å². The Bertz CT molecular complexity index is 185. The Hall–Kier alpha value is -0.0800. The summed E-state index contributed by atoms with van der Waals surface area (Å²) in [5.74, 6) is 0.987.